The van der Waals surface area contributed by atoms with E-state index in [0.717, 1.165) is 44.9 Å². The van der Waals surface area contributed by atoms with E-state index in [-0.39, 0.29) is 36.1 Å². The van der Waals surface area contributed by atoms with Crippen LogP contribution in [0.3, 0.4) is 0 Å². The first-order valence-electron chi connectivity index (χ1n) is 15.4. The Hall–Kier alpha value is -3.76. The van der Waals surface area contributed by atoms with Gasteiger partial charge in [0.05, 0.1) is 61.0 Å². The molecule has 4 atom stereocenters. The lowest BCUT2D eigenvalue weighted by Gasteiger charge is -2.24. The summed E-state index contributed by atoms with van der Waals surface area (Å²) in [6, 6.07) is 10.6. The van der Waals surface area contributed by atoms with E-state index in [0.29, 0.717) is 60.3 Å². The van der Waals surface area contributed by atoms with Gasteiger partial charge in [0.2, 0.25) is 0 Å². The molecule has 43 heavy (non-hydrogen) atoms. The van der Waals surface area contributed by atoms with Crippen molar-refractivity contribution in [1.82, 2.24) is 9.80 Å². The van der Waals surface area contributed by atoms with E-state index in [1.54, 1.807) is 26.4 Å². The largest absolute Gasteiger partial charge is 0.497 e. The van der Waals surface area contributed by atoms with E-state index < -0.39 is 0 Å². The molecule has 6 rings (SSSR count). The number of carbonyl (C=O) groups is 2. The molecule has 4 aliphatic rings. The van der Waals surface area contributed by atoms with E-state index in [2.05, 4.69) is 9.98 Å². The molecular formula is C33H40N4O6. The predicted octanol–water partition coefficient (Wildman–Crippen LogP) is 4.99. The van der Waals surface area contributed by atoms with Crippen LogP contribution in [-0.4, -0.2) is 98.9 Å². The zero-order valence-corrected chi connectivity index (χ0v) is 24.9. The number of ether oxygens (including phenoxy) is 4. The summed E-state index contributed by atoms with van der Waals surface area (Å²) in [4.78, 5) is 39.3. The average molecular weight is 589 g/mol. The minimum atomic E-state index is -0.139. The van der Waals surface area contributed by atoms with Crippen LogP contribution in [0.4, 0.5) is 11.4 Å². The van der Waals surface area contributed by atoms with Gasteiger partial charge in [-0.1, -0.05) is 19.3 Å². The van der Waals surface area contributed by atoms with Crippen LogP contribution >= 0.6 is 0 Å². The van der Waals surface area contributed by atoms with Crippen molar-refractivity contribution in [3.8, 4) is 11.5 Å². The Balaban J connectivity index is 0.878. The summed E-state index contributed by atoms with van der Waals surface area (Å²) in [5, 5.41) is 0. The molecule has 2 saturated heterocycles. The molecule has 4 aliphatic heterocycles. The van der Waals surface area contributed by atoms with Gasteiger partial charge < -0.3 is 28.7 Å². The van der Waals surface area contributed by atoms with Gasteiger partial charge in [-0.25, -0.2) is 0 Å². The molecule has 0 saturated carbocycles. The maximum Gasteiger partial charge on any atom is 0.256 e. The minimum absolute atomic E-state index is 0.0151. The minimum Gasteiger partial charge on any atom is -0.497 e. The maximum absolute atomic E-state index is 13.2. The number of carbonyl (C=O) groups excluding carboxylic acids is 2. The van der Waals surface area contributed by atoms with E-state index in [1.165, 1.54) is 0 Å². The number of hydrogen-bond donors (Lipinski definition) is 0. The third-order valence-electron chi connectivity index (χ3n) is 8.87. The zero-order valence-electron chi connectivity index (χ0n) is 24.9. The van der Waals surface area contributed by atoms with Crippen molar-refractivity contribution in [3.63, 3.8) is 0 Å². The Bertz CT molecular complexity index is 1290. The van der Waals surface area contributed by atoms with Gasteiger partial charge in [0.15, 0.2) is 0 Å². The second kappa shape index (κ2) is 13.3. The van der Waals surface area contributed by atoms with Gasteiger partial charge >= 0.3 is 0 Å². The quantitative estimate of drug-likeness (QED) is 0.324. The highest BCUT2D eigenvalue weighted by Crippen LogP contribution is 2.34. The Morgan fingerprint density at radius 1 is 0.674 bits per heavy atom. The van der Waals surface area contributed by atoms with E-state index >= 15 is 0 Å². The first-order valence-corrected chi connectivity index (χ1v) is 15.4. The van der Waals surface area contributed by atoms with Crippen molar-refractivity contribution in [1.29, 1.82) is 0 Å². The highest BCUT2D eigenvalue weighted by molar-refractivity contribution is 6.04. The summed E-state index contributed by atoms with van der Waals surface area (Å²) >= 11 is 0. The molecule has 2 aromatic rings. The van der Waals surface area contributed by atoms with Gasteiger partial charge in [-0.05, 0) is 62.1 Å². The maximum atomic E-state index is 13.2. The number of methoxy groups -OCH3 is 2. The van der Waals surface area contributed by atoms with Crippen LogP contribution in [0.5, 0.6) is 11.5 Å². The molecule has 2 fully saturated rings. The predicted molar refractivity (Wildman–Crippen MR) is 164 cm³/mol. The summed E-state index contributed by atoms with van der Waals surface area (Å²) in [6.07, 6.45) is 10.5. The van der Waals surface area contributed by atoms with Crippen LogP contribution in [-0.2, 0) is 9.47 Å². The Morgan fingerprint density at radius 3 is 1.56 bits per heavy atom. The van der Waals surface area contributed by atoms with Crippen molar-refractivity contribution in [2.24, 2.45) is 9.98 Å². The molecule has 4 heterocycles. The molecule has 0 bridgehead atoms. The third-order valence-corrected chi connectivity index (χ3v) is 8.87. The van der Waals surface area contributed by atoms with E-state index in [9.17, 15) is 9.59 Å². The Labute approximate surface area is 252 Å². The lowest BCUT2D eigenvalue weighted by Crippen LogP contribution is -2.40. The molecule has 0 aromatic heterocycles. The summed E-state index contributed by atoms with van der Waals surface area (Å²) in [5.74, 6) is 1.28. The third kappa shape index (κ3) is 6.17. The number of fused-ring (bicyclic) bond motifs is 4. The van der Waals surface area contributed by atoms with Crippen LogP contribution in [0.25, 0.3) is 0 Å². The molecule has 228 valence electrons. The van der Waals surface area contributed by atoms with Crippen molar-refractivity contribution in [2.75, 3.05) is 40.5 Å². The van der Waals surface area contributed by atoms with Gasteiger partial charge in [-0.2, -0.15) is 0 Å². The molecule has 2 unspecified atom stereocenters. The molecule has 2 amide bonds. The fourth-order valence-electron chi connectivity index (χ4n) is 6.44. The van der Waals surface area contributed by atoms with Gasteiger partial charge in [0.25, 0.3) is 11.8 Å². The fourth-order valence-corrected chi connectivity index (χ4v) is 6.44. The van der Waals surface area contributed by atoms with Crippen LogP contribution in [0.2, 0.25) is 0 Å². The van der Waals surface area contributed by atoms with Crippen molar-refractivity contribution in [2.45, 2.75) is 69.2 Å². The van der Waals surface area contributed by atoms with Gasteiger partial charge in [0.1, 0.15) is 11.5 Å². The standard InChI is InChI=1S/C33H40N4O6/c1-40-22-8-10-26-24(18-22)32(38)36-14-12-30(28(36)20-34-26)42-16-6-4-3-5-7-17-43-31-13-15-37-29(31)21-35-27-11-9-23(41-2)19-25(27)33(37)39/h8-11,18-21,28-31H,3-7,12-17H2,1-2H3/t28-,29-,30?,31?/m0/s1. The lowest BCUT2D eigenvalue weighted by atomic mass is 10.1. The van der Waals surface area contributed by atoms with Crippen LogP contribution < -0.4 is 9.47 Å². The highest BCUT2D eigenvalue weighted by Gasteiger charge is 2.40. The summed E-state index contributed by atoms with van der Waals surface area (Å²) in [7, 11) is 3.20. The lowest BCUT2D eigenvalue weighted by molar-refractivity contribution is 0.0381. The van der Waals surface area contributed by atoms with Gasteiger partial charge in [-0.3, -0.25) is 19.6 Å². The van der Waals surface area contributed by atoms with Crippen molar-refractivity contribution in [3.05, 3.63) is 47.5 Å². The van der Waals surface area contributed by atoms with Crippen LogP contribution in [0, 0.1) is 0 Å². The molecule has 2 aromatic carbocycles. The number of rotatable bonds is 12. The van der Waals surface area contributed by atoms with Gasteiger partial charge in [0, 0.05) is 38.7 Å². The molecular weight excluding hydrogens is 548 g/mol. The second-order valence-corrected chi connectivity index (χ2v) is 11.5. The fraction of sp³-hybridized carbons (Fsp3) is 0.515. The number of benzene rings is 2. The normalized spacial score (nSPS) is 23.9. The number of aliphatic imine (C=N–C) groups is 2. The monoisotopic (exact) mass is 588 g/mol. The van der Waals surface area contributed by atoms with E-state index in [1.807, 2.05) is 46.5 Å². The molecule has 10 nitrogen and oxygen atoms in total. The van der Waals surface area contributed by atoms with Gasteiger partial charge in [-0.15, -0.1) is 0 Å². The topological polar surface area (TPSA) is 102 Å². The van der Waals surface area contributed by atoms with Crippen molar-refractivity contribution >= 4 is 35.6 Å². The molecule has 0 spiro atoms. The molecule has 0 aliphatic carbocycles. The first kappa shape index (κ1) is 29.3. The average Bonchev–Trinajstić information content (AvgIpc) is 3.57. The van der Waals surface area contributed by atoms with Crippen LogP contribution in [0.1, 0.15) is 65.7 Å². The number of unbranched alkanes of at least 4 members (excludes halogenated alkanes) is 4. The summed E-state index contributed by atoms with van der Waals surface area (Å²) in [5.41, 5.74) is 2.51. The SMILES string of the molecule is COc1ccc2c(c1)C(=O)N1CCC(OCCCCCCCOC3CCN4C(=O)c5cc(OC)ccc5N=C[C@@H]34)[C@@H]1C=N2. The Morgan fingerprint density at radius 2 is 1.12 bits per heavy atom. The summed E-state index contributed by atoms with van der Waals surface area (Å²) in [6.45, 7) is 2.68. The Kier molecular flexibility index (Phi) is 9.04. The molecule has 10 heteroatoms. The summed E-state index contributed by atoms with van der Waals surface area (Å²) < 4.78 is 23.1. The van der Waals surface area contributed by atoms with Crippen molar-refractivity contribution < 1.29 is 28.5 Å². The zero-order chi connectivity index (χ0) is 29.8. The number of amides is 2. The first-order chi connectivity index (χ1) is 21.1. The van der Waals surface area contributed by atoms with E-state index in [4.69, 9.17) is 18.9 Å². The molecule has 0 radical (unpaired) electrons. The molecule has 0 N–H and O–H groups in total. The second-order valence-electron chi connectivity index (χ2n) is 11.5. The smallest absolute Gasteiger partial charge is 0.256 e. The number of nitrogens with zero attached hydrogens (tertiary/aromatic N) is 4. The number of hydrogen-bond acceptors (Lipinski definition) is 8. The highest BCUT2D eigenvalue weighted by atomic mass is 16.5. The van der Waals surface area contributed by atoms with Crippen LogP contribution in [0.15, 0.2) is 46.4 Å².